The van der Waals surface area contributed by atoms with Gasteiger partial charge in [-0.15, -0.1) is 0 Å². The average molecular weight is 405 g/mol. The van der Waals surface area contributed by atoms with Crippen LogP contribution in [0.1, 0.15) is 27.0 Å². The Morgan fingerprint density at radius 2 is 1.65 bits per heavy atom. The minimum atomic E-state index is -0.960. The highest BCUT2D eigenvalue weighted by Crippen LogP contribution is 2.24. The summed E-state index contributed by atoms with van der Waals surface area (Å²) in [4.78, 5) is 11.1. The number of carbonyl (C=O) groups is 1. The second kappa shape index (κ2) is 8.98. The van der Waals surface area contributed by atoms with E-state index in [9.17, 15) is 10.1 Å². The molecular formula is C27H19NO3. The van der Waals surface area contributed by atoms with E-state index < -0.39 is 5.97 Å². The Bertz CT molecular complexity index is 1310. The van der Waals surface area contributed by atoms with E-state index in [-0.39, 0.29) is 12.2 Å². The number of aromatic carboxylic acids is 1. The summed E-state index contributed by atoms with van der Waals surface area (Å²) in [6, 6.07) is 30.5. The van der Waals surface area contributed by atoms with E-state index in [0.717, 1.165) is 27.5 Å². The minimum absolute atomic E-state index is 0.235. The Balaban J connectivity index is 1.48. The fourth-order valence-electron chi connectivity index (χ4n) is 3.32. The summed E-state index contributed by atoms with van der Waals surface area (Å²) >= 11 is 0. The fraction of sp³-hybridized carbons (Fsp3) is 0.0370. The number of ether oxygens (including phenoxy) is 1. The van der Waals surface area contributed by atoms with E-state index in [1.54, 1.807) is 18.2 Å². The summed E-state index contributed by atoms with van der Waals surface area (Å²) in [7, 11) is 0. The van der Waals surface area contributed by atoms with Crippen LogP contribution in [0.5, 0.6) is 5.75 Å². The Labute approximate surface area is 180 Å². The van der Waals surface area contributed by atoms with Crippen molar-refractivity contribution in [3.05, 3.63) is 113 Å². The first-order chi connectivity index (χ1) is 15.1. The van der Waals surface area contributed by atoms with Gasteiger partial charge < -0.3 is 9.84 Å². The van der Waals surface area contributed by atoms with Crippen molar-refractivity contribution in [2.24, 2.45) is 0 Å². The Morgan fingerprint density at radius 3 is 2.39 bits per heavy atom. The topological polar surface area (TPSA) is 70.3 Å². The molecule has 1 N–H and O–H groups in total. The van der Waals surface area contributed by atoms with Gasteiger partial charge in [-0.2, -0.15) is 5.26 Å². The third-order valence-corrected chi connectivity index (χ3v) is 4.95. The van der Waals surface area contributed by atoms with Crippen LogP contribution in [0.3, 0.4) is 0 Å². The second-order valence-electron chi connectivity index (χ2n) is 7.09. The van der Waals surface area contributed by atoms with Gasteiger partial charge >= 0.3 is 5.97 Å². The molecule has 4 nitrogen and oxygen atoms in total. The maximum absolute atomic E-state index is 11.1. The van der Waals surface area contributed by atoms with Gasteiger partial charge in [0.25, 0.3) is 0 Å². The highest BCUT2D eigenvalue weighted by Gasteiger charge is 2.05. The molecule has 4 aromatic rings. The fourth-order valence-corrected chi connectivity index (χ4v) is 3.32. The maximum Gasteiger partial charge on any atom is 0.335 e. The van der Waals surface area contributed by atoms with Crippen LogP contribution >= 0.6 is 0 Å². The number of hydrogen-bond donors (Lipinski definition) is 1. The standard InChI is InChI=1S/C27H19NO3/c28-17-25(23-11-10-21-5-1-2-6-22(21)16-23)14-19-8-12-26(13-9-19)31-18-20-4-3-7-24(15-20)27(29)30/h1-16H,18H2,(H,29,30)/b25-14-. The molecule has 0 aromatic heterocycles. The first-order valence-corrected chi connectivity index (χ1v) is 9.78. The second-order valence-corrected chi connectivity index (χ2v) is 7.09. The lowest BCUT2D eigenvalue weighted by Gasteiger charge is -2.08. The average Bonchev–Trinajstić information content (AvgIpc) is 2.82. The molecule has 4 aromatic carbocycles. The number of hydrogen-bond acceptors (Lipinski definition) is 3. The number of rotatable bonds is 6. The zero-order chi connectivity index (χ0) is 21.6. The van der Waals surface area contributed by atoms with Crippen LogP contribution in [0.25, 0.3) is 22.4 Å². The van der Waals surface area contributed by atoms with Gasteiger partial charge in [-0.1, -0.05) is 60.7 Å². The van der Waals surface area contributed by atoms with Crippen molar-refractivity contribution in [1.29, 1.82) is 5.26 Å². The molecule has 0 aliphatic rings. The minimum Gasteiger partial charge on any atom is -0.489 e. The van der Waals surface area contributed by atoms with Gasteiger partial charge in [0, 0.05) is 0 Å². The first kappa shape index (κ1) is 19.9. The van der Waals surface area contributed by atoms with E-state index in [0.29, 0.717) is 11.3 Å². The Hall–Kier alpha value is -4.36. The molecule has 0 saturated heterocycles. The highest BCUT2D eigenvalue weighted by molar-refractivity contribution is 5.94. The first-order valence-electron chi connectivity index (χ1n) is 9.78. The number of nitriles is 1. The highest BCUT2D eigenvalue weighted by atomic mass is 16.5. The molecule has 4 heteroatoms. The van der Waals surface area contributed by atoms with Crippen LogP contribution in [-0.2, 0) is 6.61 Å². The Kier molecular flexibility index (Phi) is 5.77. The van der Waals surface area contributed by atoms with Crippen LogP contribution in [0, 0.1) is 11.3 Å². The van der Waals surface area contributed by atoms with E-state index in [4.69, 9.17) is 9.84 Å². The smallest absolute Gasteiger partial charge is 0.335 e. The van der Waals surface area contributed by atoms with Gasteiger partial charge in [-0.25, -0.2) is 4.79 Å². The molecule has 0 radical (unpaired) electrons. The number of allylic oxidation sites excluding steroid dienone is 1. The molecule has 0 unspecified atom stereocenters. The number of benzene rings is 4. The third kappa shape index (κ3) is 4.80. The lowest BCUT2D eigenvalue weighted by molar-refractivity contribution is 0.0696. The molecule has 31 heavy (non-hydrogen) atoms. The van der Waals surface area contributed by atoms with Crippen LogP contribution in [-0.4, -0.2) is 11.1 Å². The molecule has 0 aliphatic carbocycles. The molecular weight excluding hydrogens is 386 g/mol. The van der Waals surface area contributed by atoms with Crippen molar-refractivity contribution >= 4 is 28.4 Å². The number of carboxylic acid groups (broad SMARTS) is 1. The summed E-state index contributed by atoms with van der Waals surface area (Å²) in [5.74, 6) is -0.292. The predicted octanol–water partition coefficient (Wildman–Crippen LogP) is 6.18. The molecule has 150 valence electrons. The molecule has 0 spiro atoms. The van der Waals surface area contributed by atoms with Crippen LogP contribution in [0.4, 0.5) is 0 Å². The Morgan fingerprint density at radius 1 is 0.871 bits per heavy atom. The molecule has 4 rings (SSSR count). The monoisotopic (exact) mass is 405 g/mol. The zero-order valence-electron chi connectivity index (χ0n) is 16.7. The third-order valence-electron chi connectivity index (χ3n) is 4.95. The summed E-state index contributed by atoms with van der Waals surface area (Å²) in [5.41, 5.74) is 3.38. The van der Waals surface area contributed by atoms with E-state index in [1.807, 2.05) is 78.9 Å². The van der Waals surface area contributed by atoms with Gasteiger partial charge in [0.1, 0.15) is 12.4 Å². The van der Waals surface area contributed by atoms with Gasteiger partial charge in [0.05, 0.1) is 17.2 Å². The van der Waals surface area contributed by atoms with Gasteiger partial charge in [0.2, 0.25) is 0 Å². The summed E-state index contributed by atoms with van der Waals surface area (Å²) in [6.07, 6.45) is 1.85. The normalized spacial score (nSPS) is 11.1. The SMILES string of the molecule is N#C/C(=C/c1ccc(OCc2cccc(C(=O)O)c2)cc1)c1ccc2ccccc2c1. The van der Waals surface area contributed by atoms with E-state index in [2.05, 4.69) is 6.07 Å². The van der Waals surface area contributed by atoms with Gasteiger partial charge in [-0.05, 0) is 63.9 Å². The molecule has 0 aliphatic heterocycles. The largest absolute Gasteiger partial charge is 0.489 e. The van der Waals surface area contributed by atoms with Crippen molar-refractivity contribution in [2.45, 2.75) is 6.61 Å². The molecule has 0 amide bonds. The number of carboxylic acids is 1. The maximum atomic E-state index is 11.1. The van der Waals surface area contributed by atoms with E-state index in [1.165, 1.54) is 0 Å². The molecule has 0 fully saturated rings. The molecule has 0 saturated carbocycles. The van der Waals surface area contributed by atoms with E-state index >= 15 is 0 Å². The van der Waals surface area contributed by atoms with Gasteiger partial charge in [0.15, 0.2) is 0 Å². The van der Waals surface area contributed by atoms with Crippen LogP contribution in [0.15, 0.2) is 91.0 Å². The van der Waals surface area contributed by atoms with Crippen molar-refractivity contribution < 1.29 is 14.6 Å². The predicted molar refractivity (Wildman–Crippen MR) is 122 cm³/mol. The lowest BCUT2D eigenvalue weighted by Crippen LogP contribution is -2.00. The summed E-state index contributed by atoms with van der Waals surface area (Å²) in [6.45, 7) is 0.275. The molecule has 0 heterocycles. The van der Waals surface area contributed by atoms with Crippen LogP contribution < -0.4 is 4.74 Å². The van der Waals surface area contributed by atoms with Gasteiger partial charge in [-0.3, -0.25) is 0 Å². The van der Waals surface area contributed by atoms with Crippen molar-refractivity contribution in [3.8, 4) is 11.8 Å². The van der Waals surface area contributed by atoms with Crippen molar-refractivity contribution in [3.63, 3.8) is 0 Å². The van der Waals surface area contributed by atoms with Crippen molar-refractivity contribution in [1.82, 2.24) is 0 Å². The zero-order valence-corrected chi connectivity index (χ0v) is 16.7. The molecule has 0 bridgehead atoms. The quantitative estimate of drug-likeness (QED) is 0.307. The van der Waals surface area contributed by atoms with Crippen LogP contribution in [0.2, 0.25) is 0 Å². The summed E-state index contributed by atoms with van der Waals surface area (Å²) in [5, 5.41) is 21.0. The number of nitrogens with zero attached hydrogens (tertiary/aromatic N) is 1. The molecule has 0 atom stereocenters. The number of fused-ring (bicyclic) bond motifs is 1. The lowest BCUT2D eigenvalue weighted by atomic mass is 10.0. The van der Waals surface area contributed by atoms with Crippen molar-refractivity contribution in [2.75, 3.05) is 0 Å². The summed E-state index contributed by atoms with van der Waals surface area (Å²) < 4.78 is 5.77.